The average molecular weight is 386 g/mol. The Balaban J connectivity index is 1.91. The van der Waals surface area contributed by atoms with Crippen LogP contribution in [0, 0.1) is 0 Å². The first kappa shape index (κ1) is 19.5. The highest BCUT2D eigenvalue weighted by molar-refractivity contribution is 6.04. The van der Waals surface area contributed by atoms with Crippen molar-refractivity contribution in [1.82, 2.24) is 15.0 Å². The van der Waals surface area contributed by atoms with Crippen LogP contribution in [0.1, 0.15) is 41.4 Å². The van der Waals surface area contributed by atoms with Crippen molar-refractivity contribution in [3.8, 4) is 11.3 Å². The summed E-state index contributed by atoms with van der Waals surface area (Å²) in [5, 5.41) is 2.61. The lowest BCUT2D eigenvalue weighted by molar-refractivity contribution is -0.137. The van der Waals surface area contributed by atoms with Crippen molar-refractivity contribution in [2.75, 3.05) is 5.32 Å². The van der Waals surface area contributed by atoms with Crippen molar-refractivity contribution in [3.05, 3.63) is 71.9 Å². The van der Waals surface area contributed by atoms with Gasteiger partial charge in [-0.15, -0.1) is 0 Å². The van der Waals surface area contributed by atoms with Gasteiger partial charge in [-0.1, -0.05) is 19.9 Å². The van der Waals surface area contributed by atoms with E-state index in [0.29, 0.717) is 11.3 Å². The number of hydrogen-bond acceptors (Lipinski definition) is 4. The van der Waals surface area contributed by atoms with Gasteiger partial charge >= 0.3 is 6.18 Å². The molecule has 0 unspecified atom stereocenters. The Kier molecular flexibility index (Phi) is 5.39. The van der Waals surface area contributed by atoms with Crippen molar-refractivity contribution in [2.24, 2.45) is 0 Å². The lowest BCUT2D eigenvalue weighted by Gasteiger charge is -2.14. The maximum Gasteiger partial charge on any atom is 0.416 e. The molecule has 1 N–H and O–H groups in total. The summed E-state index contributed by atoms with van der Waals surface area (Å²) in [7, 11) is 0. The van der Waals surface area contributed by atoms with Crippen molar-refractivity contribution < 1.29 is 18.0 Å². The molecule has 0 spiro atoms. The second kappa shape index (κ2) is 7.75. The average Bonchev–Trinajstić information content (AvgIpc) is 2.68. The molecule has 144 valence electrons. The Bertz CT molecular complexity index is 971. The van der Waals surface area contributed by atoms with Crippen molar-refractivity contribution >= 4 is 11.6 Å². The smallest absolute Gasteiger partial charge is 0.321 e. The summed E-state index contributed by atoms with van der Waals surface area (Å²) in [4.78, 5) is 25.1. The van der Waals surface area contributed by atoms with Crippen LogP contribution in [0.2, 0.25) is 0 Å². The van der Waals surface area contributed by atoms with E-state index in [1.54, 1.807) is 18.5 Å². The van der Waals surface area contributed by atoms with Gasteiger partial charge in [0.25, 0.3) is 5.91 Å². The van der Waals surface area contributed by atoms with Gasteiger partial charge < -0.3 is 5.32 Å². The highest BCUT2D eigenvalue weighted by atomic mass is 19.4. The normalized spacial score (nSPS) is 11.5. The number of nitrogens with one attached hydrogen (secondary N) is 1. The third-order valence-corrected chi connectivity index (χ3v) is 4.09. The molecule has 8 heteroatoms. The molecule has 5 nitrogen and oxygen atoms in total. The molecule has 0 atom stereocenters. The molecule has 0 fully saturated rings. The molecule has 2 aromatic heterocycles. The number of anilines is 1. The fraction of sp³-hybridized carbons (Fsp3) is 0.200. The molecule has 0 aliphatic carbocycles. The van der Waals surface area contributed by atoms with Crippen LogP contribution in [-0.4, -0.2) is 20.9 Å². The zero-order valence-electron chi connectivity index (χ0n) is 15.2. The quantitative estimate of drug-likeness (QED) is 0.690. The number of rotatable bonds is 4. The van der Waals surface area contributed by atoms with E-state index in [9.17, 15) is 18.0 Å². The standard InChI is InChI=1S/C20H17F3N4O/c1-12(2)16-7-8-17(13-9-24-11-25-10-13)27-18(16)19(28)26-15-5-3-14(4-6-15)20(21,22)23/h3-12H,1-2H3,(H,26,28). The number of aromatic nitrogens is 3. The molecule has 0 radical (unpaired) electrons. The van der Waals surface area contributed by atoms with Crippen LogP contribution < -0.4 is 5.32 Å². The Hall–Kier alpha value is -3.29. The molecular formula is C20H17F3N4O. The van der Waals surface area contributed by atoms with E-state index in [1.807, 2.05) is 19.9 Å². The summed E-state index contributed by atoms with van der Waals surface area (Å²) < 4.78 is 38.1. The molecule has 3 rings (SSSR count). The van der Waals surface area contributed by atoms with Crippen LogP contribution >= 0.6 is 0 Å². The molecule has 28 heavy (non-hydrogen) atoms. The molecule has 0 bridgehead atoms. The summed E-state index contributed by atoms with van der Waals surface area (Å²) in [5.74, 6) is -0.468. The highest BCUT2D eigenvalue weighted by Gasteiger charge is 2.30. The van der Waals surface area contributed by atoms with E-state index >= 15 is 0 Å². The SMILES string of the molecule is CC(C)c1ccc(-c2cncnc2)nc1C(=O)Nc1ccc(C(F)(F)F)cc1. The lowest BCUT2D eigenvalue weighted by Crippen LogP contribution is -2.17. The topological polar surface area (TPSA) is 67.8 Å². The van der Waals surface area contributed by atoms with Crippen LogP contribution in [-0.2, 0) is 6.18 Å². The minimum absolute atomic E-state index is 0.0296. The molecule has 1 amide bonds. The first-order valence-electron chi connectivity index (χ1n) is 8.50. The predicted molar refractivity (Wildman–Crippen MR) is 98.7 cm³/mol. The summed E-state index contributed by atoms with van der Waals surface area (Å²) in [6.07, 6.45) is 0.134. The Morgan fingerprint density at radius 2 is 1.64 bits per heavy atom. The molecule has 0 aliphatic rings. The van der Waals surface area contributed by atoms with Gasteiger partial charge in [-0.3, -0.25) is 4.79 Å². The van der Waals surface area contributed by atoms with E-state index in [2.05, 4.69) is 20.3 Å². The number of hydrogen-bond donors (Lipinski definition) is 1. The number of amides is 1. The Labute approximate surface area is 159 Å². The molecule has 1 aromatic carbocycles. The molecular weight excluding hydrogens is 369 g/mol. The Morgan fingerprint density at radius 1 is 1.00 bits per heavy atom. The zero-order valence-corrected chi connectivity index (χ0v) is 15.2. The van der Waals surface area contributed by atoms with E-state index in [1.165, 1.54) is 18.5 Å². The second-order valence-corrected chi connectivity index (χ2v) is 6.45. The fourth-order valence-electron chi connectivity index (χ4n) is 2.64. The van der Waals surface area contributed by atoms with E-state index < -0.39 is 17.6 Å². The van der Waals surface area contributed by atoms with Crippen molar-refractivity contribution in [3.63, 3.8) is 0 Å². The first-order chi connectivity index (χ1) is 13.3. The zero-order chi connectivity index (χ0) is 20.3. The molecule has 0 saturated heterocycles. The summed E-state index contributed by atoms with van der Waals surface area (Å²) in [6, 6.07) is 7.86. The fourth-order valence-corrected chi connectivity index (χ4v) is 2.64. The molecule has 0 saturated carbocycles. The summed E-state index contributed by atoms with van der Waals surface area (Å²) in [5.41, 5.74) is 1.59. The van der Waals surface area contributed by atoms with E-state index in [0.717, 1.165) is 17.7 Å². The minimum atomic E-state index is -4.43. The Morgan fingerprint density at radius 3 is 2.21 bits per heavy atom. The maximum absolute atomic E-state index is 12.8. The first-order valence-corrected chi connectivity index (χ1v) is 8.50. The largest absolute Gasteiger partial charge is 0.416 e. The van der Waals surface area contributed by atoms with Crippen molar-refractivity contribution in [1.29, 1.82) is 0 Å². The van der Waals surface area contributed by atoms with Gasteiger partial charge in [0.05, 0.1) is 11.3 Å². The monoisotopic (exact) mass is 386 g/mol. The number of carbonyl (C=O) groups is 1. The molecule has 0 aliphatic heterocycles. The van der Waals surface area contributed by atoms with Crippen LogP contribution in [0.25, 0.3) is 11.3 Å². The minimum Gasteiger partial charge on any atom is -0.321 e. The van der Waals surface area contributed by atoms with Gasteiger partial charge in [-0.05, 0) is 41.8 Å². The molecule has 3 aromatic rings. The van der Waals surface area contributed by atoms with E-state index in [-0.39, 0.29) is 17.3 Å². The van der Waals surface area contributed by atoms with Gasteiger partial charge in [-0.2, -0.15) is 13.2 Å². The lowest BCUT2D eigenvalue weighted by atomic mass is 9.99. The predicted octanol–water partition coefficient (Wildman–Crippen LogP) is 4.93. The van der Waals surface area contributed by atoms with E-state index in [4.69, 9.17) is 0 Å². The number of pyridine rings is 1. The molecule has 2 heterocycles. The number of alkyl halides is 3. The third-order valence-electron chi connectivity index (χ3n) is 4.09. The number of benzene rings is 1. The van der Waals surface area contributed by atoms with Crippen LogP contribution in [0.3, 0.4) is 0 Å². The van der Waals surface area contributed by atoms with Gasteiger partial charge in [0.15, 0.2) is 0 Å². The second-order valence-electron chi connectivity index (χ2n) is 6.45. The van der Waals surface area contributed by atoms with Crippen LogP contribution in [0.4, 0.5) is 18.9 Å². The van der Waals surface area contributed by atoms with Gasteiger partial charge in [0.1, 0.15) is 12.0 Å². The van der Waals surface area contributed by atoms with Gasteiger partial charge in [-0.25, -0.2) is 15.0 Å². The maximum atomic E-state index is 12.8. The van der Waals surface area contributed by atoms with Crippen molar-refractivity contribution in [2.45, 2.75) is 25.9 Å². The number of nitrogens with zero attached hydrogens (tertiary/aromatic N) is 3. The number of halogens is 3. The van der Waals surface area contributed by atoms with Gasteiger partial charge in [0, 0.05) is 23.6 Å². The summed E-state index contributed by atoms with van der Waals surface area (Å²) >= 11 is 0. The third kappa shape index (κ3) is 4.33. The van der Waals surface area contributed by atoms with Crippen LogP contribution in [0.5, 0.6) is 0 Å². The van der Waals surface area contributed by atoms with Gasteiger partial charge in [0.2, 0.25) is 0 Å². The highest BCUT2D eigenvalue weighted by Crippen LogP contribution is 2.30. The van der Waals surface area contributed by atoms with Crippen LogP contribution in [0.15, 0.2) is 55.1 Å². The number of carbonyl (C=O) groups excluding carboxylic acids is 1. The summed E-state index contributed by atoms with van der Waals surface area (Å²) in [6.45, 7) is 3.86.